The van der Waals surface area contributed by atoms with Crippen molar-refractivity contribution in [2.45, 2.75) is 44.7 Å². The third-order valence-corrected chi connectivity index (χ3v) is 7.77. The number of benzene rings is 1. The van der Waals surface area contributed by atoms with Crippen LogP contribution in [0.5, 0.6) is 5.88 Å². The first-order valence-corrected chi connectivity index (χ1v) is 14.8. The third kappa shape index (κ3) is 7.41. The molecule has 2 unspecified atom stereocenters. The number of nitrogens with one attached hydrogen (secondary N) is 1. The molecule has 1 aromatic carbocycles. The van der Waals surface area contributed by atoms with Crippen LogP contribution in [0.3, 0.4) is 0 Å². The molecule has 2 fully saturated rings. The normalized spacial score (nSPS) is 17.1. The second-order valence-corrected chi connectivity index (χ2v) is 10.9. The van der Waals surface area contributed by atoms with Gasteiger partial charge in [-0.15, -0.1) is 0 Å². The number of aromatic nitrogens is 4. The van der Waals surface area contributed by atoms with Gasteiger partial charge in [0.05, 0.1) is 5.69 Å². The molecular weight excluding hydrogens is 604 g/mol. The molecule has 17 nitrogen and oxygen atoms in total. The molecule has 0 radical (unpaired) electrons. The van der Waals surface area contributed by atoms with Gasteiger partial charge in [0.2, 0.25) is 17.7 Å². The van der Waals surface area contributed by atoms with Crippen molar-refractivity contribution >= 4 is 29.8 Å². The van der Waals surface area contributed by atoms with Crippen LogP contribution in [0.4, 0.5) is 4.79 Å². The fourth-order valence-electron chi connectivity index (χ4n) is 5.42. The Bertz CT molecular complexity index is 1580. The van der Waals surface area contributed by atoms with Crippen LogP contribution in [-0.4, -0.2) is 120 Å². The van der Waals surface area contributed by atoms with Gasteiger partial charge in [0, 0.05) is 45.2 Å². The molecule has 5 rings (SSSR count). The number of carboxylic acid groups (broad SMARTS) is 2. The van der Waals surface area contributed by atoms with E-state index in [1.165, 1.54) is 20.5 Å². The number of rotatable bonds is 11. The number of carbonyl (C=O) groups is 5. The zero-order chi connectivity index (χ0) is 32.8. The molecular formula is C29H34N8O9. The minimum atomic E-state index is -1.20. The van der Waals surface area contributed by atoms with Crippen molar-refractivity contribution in [3.05, 3.63) is 53.8 Å². The van der Waals surface area contributed by atoms with Crippen LogP contribution in [0, 0.1) is 6.92 Å². The van der Waals surface area contributed by atoms with Crippen molar-refractivity contribution in [2.75, 3.05) is 39.3 Å². The Labute approximate surface area is 262 Å². The molecule has 2 aromatic heterocycles. The van der Waals surface area contributed by atoms with Gasteiger partial charge in [-0.1, -0.05) is 23.4 Å². The molecule has 4 amide bonds. The van der Waals surface area contributed by atoms with Crippen molar-refractivity contribution in [1.82, 2.24) is 39.9 Å². The average molecular weight is 639 g/mol. The maximum atomic E-state index is 13.4. The van der Waals surface area contributed by atoms with E-state index in [1.807, 2.05) is 0 Å². The Hall–Kier alpha value is -5.48. The highest BCUT2D eigenvalue weighted by Gasteiger charge is 2.35. The Morgan fingerprint density at radius 2 is 1.76 bits per heavy atom. The number of hydrogen-bond donors (Lipinski definition) is 3. The summed E-state index contributed by atoms with van der Waals surface area (Å²) in [6.07, 6.45) is -0.259. The van der Waals surface area contributed by atoms with Gasteiger partial charge < -0.3 is 39.5 Å². The van der Waals surface area contributed by atoms with E-state index in [2.05, 4.69) is 20.6 Å². The fraction of sp³-hybridized carbons (Fsp3) is 0.448. The van der Waals surface area contributed by atoms with Crippen LogP contribution in [0.15, 0.2) is 40.9 Å². The van der Waals surface area contributed by atoms with Crippen molar-refractivity contribution in [2.24, 2.45) is 0 Å². The van der Waals surface area contributed by atoms with Crippen LogP contribution in [0.25, 0.3) is 5.69 Å². The first-order chi connectivity index (χ1) is 22.1. The van der Waals surface area contributed by atoms with Gasteiger partial charge in [0.25, 0.3) is 11.8 Å². The molecule has 0 aliphatic carbocycles. The number of para-hydroxylation sites is 1. The molecule has 244 valence electrons. The summed E-state index contributed by atoms with van der Waals surface area (Å²) in [6.45, 7) is 2.19. The van der Waals surface area contributed by atoms with E-state index in [0.29, 0.717) is 30.4 Å². The summed E-state index contributed by atoms with van der Waals surface area (Å²) >= 11 is 0. The first kappa shape index (κ1) is 31.9. The monoisotopic (exact) mass is 638 g/mol. The van der Waals surface area contributed by atoms with Crippen LogP contribution in [0.1, 0.15) is 53.9 Å². The van der Waals surface area contributed by atoms with Gasteiger partial charge >= 0.3 is 12.1 Å². The van der Waals surface area contributed by atoms with Crippen molar-refractivity contribution < 1.29 is 43.4 Å². The highest BCUT2D eigenvalue weighted by Crippen LogP contribution is 2.31. The highest BCUT2D eigenvalue weighted by atomic mass is 16.5. The van der Waals surface area contributed by atoms with E-state index in [9.17, 15) is 34.2 Å². The Morgan fingerprint density at radius 1 is 1.04 bits per heavy atom. The second-order valence-electron chi connectivity index (χ2n) is 10.9. The molecule has 2 aliphatic rings. The highest BCUT2D eigenvalue weighted by molar-refractivity contribution is 5.96. The topological polar surface area (TPSA) is 214 Å². The van der Waals surface area contributed by atoms with Crippen molar-refractivity contribution in [3.8, 4) is 11.6 Å². The number of piperazine rings is 1. The summed E-state index contributed by atoms with van der Waals surface area (Å²) in [5.41, 5.74) is 0.412. The molecule has 2 atom stereocenters. The Morgan fingerprint density at radius 3 is 2.41 bits per heavy atom. The SMILES string of the molecule is Cc1noc(C2CCCN2C(=O)COc2cc(C(=O)NC(CCC(=O)O)C(=O)N3CCN(C(=O)O)CC3)nn2-c2ccccc2)n1. The smallest absolute Gasteiger partial charge is 0.407 e. The molecule has 3 N–H and O–H groups in total. The summed E-state index contributed by atoms with van der Waals surface area (Å²) in [7, 11) is 0. The quantitative estimate of drug-likeness (QED) is 0.269. The molecule has 2 aliphatic heterocycles. The first-order valence-electron chi connectivity index (χ1n) is 14.8. The third-order valence-electron chi connectivity index (χ3n) is 7.77. The number of aliphatic carboxylic acids is 1. The molecule has 2 saturated heterocycles. The molecule has 46 heavy (non-hydrogen) atoms. The summed E-state index contributed by atoms with van der Waals surface area (Å²) in [4.78, 5) is 71.0. The predicted octanol–water partition coefficient (Wildman–Crippen LogP) is 1.09. The van der Waals surface area contributed by atoms with Gasteiger partial charge in [0.15, 0.2) is 18.1 Å². The van der Waals surface area contributed by atoms with E-state index in [4.69, 9.17) is 9.26 Å². The van der Waals surface area contributed by atoms with Crippen LogP contribution in [0.2, 0.25) is 0 Å². The summed E-state index contributed by atoms with van der Waals surface area (Å²) in [5, 5.41) is 29.2. The molecule has 0 bridgehead atoms. The number of carbonyl (C=O) groups excluding carboxylic acids is 3. The zero-order valence-corrected chi connectivity index (χ0v) is 25.1. The molecule has 17 heteroatoms. The lowest BCUT2D eigenvalue weighted by atomic mass is 10.1. The number of likely N-dealkylation sites (tertiary alicyclic amines) is 1. The lowest BCUT2D eigenvalue weighted by Gasteiger charge is -2.35. The standard InChI is InChI=1S/C29H34N8O9/c1-18-30-27(46-33-18)22-8-5-11-36(22)23(38)17-45-24-16-21(32-37(24)19-6-3-2-4-7-19)26(41)31-20(9-10-25(39)40)28(42)34-12-14-35(15-13-34)29(43)44/h2-4,6-7,16,20,22H,5,8-15,17H2,1H3,(H,31,41)(H,39,40)(H,43,44). The lowest BCUT2D eigenvalue weighted by Crippen LogP contribution is -2.55. The van der Waals surface area contributed by atoms with E-state index >= 15 is 0 Å². The predicted molar refractivity (Wildman–Crippen MR) is 156 cm³/mol. The summed E-state index contributed by atoms with van der Waals surface area (Å²) in [6, 6.07) is 8.55. The molecule has 0 spiro atoms. The van der Waals surface area contributed by atoms with Crippen molar-refractivity contribution in [1.29, 1.82) is 0 Å². The summed E-state index contributed by atoms with van der Waals surface area (Å²) < 4.78 is 12.5. The maximum absolute atomic E-state index is 13.4. The number of hydrogen-bond acceptors (Lipinski definition) is 10. The molecule has 0 saturated carbocycles. The van der Waals surface area contributed by atoms with Gasteiger partial charge in [0.1, 0.15) is 12.1 Å². The second kappa shape index (κ2) is 14.1. The number of ether oxygens (including phenoxy) is 1. The Kier molecular flexibility index (Phi) is 9.78. The van der Waals surface area contributed by atoms with Gasteiger partial charge in [-0.2, -0.15) is 10.1 Å². The van der Waals surface area contributed by atoms with E-state index < -0.39 is 29.9 Å². The van der Waals surface area contributed by atoms with Crippen LogP contribution < -0.4 is 10.1 Å². The summed E-state index contributed by atoms with van der Waals surface area (Å²) in [5.74, 6) is -1.85. The maximum Gasteiger partial charge on any atom is 0.407 e. The Balaban J connectivity index is 1.31. The lowest BCUT2D eigenvalue weighted by molar-refractivity contribution is -0.138. The van der Waals surface area contributed by atoms with Crippen LogP contribution in [-0.2, 0) is 14.4 Å². The van der Waals surface area contributed by atoms with Gasteiger partial charge in [-0.3, -0.25) is 19.2 Å². The minimum Gasteiger partial charge on any atom is -0.481 e. The number of aryl methyl sites for hydroxylation is 1. The molecule has 4 heterocycles. The van der Waals surface area contributed by atoms with E-state index in [-0.39, 0.29) is 69.2 Å². The number of carboxylic acids is 1. The van der Waals surface area contributed by atoms with Crippen LogP contribution >= 0.6 is 0 Å². The number of nitrogens with zero attached hydrogens (tertiary/aromatic N) is 7. The fourth-order valence-corrected chi connectivity index (χ4v) is 5.42. The number of amides is 4. The van der Waals surface area contributed by atoms with Gasteiger partial charge in [-0.25, -0.2) is 9.48 Å². The van der Waals surface area contributed by atoms with Gasteiger partial charge in [-0.05, 0) is 38.3 Å². The van der Waals surface area contributed by atoms with E-state index in [1.54, 1.807) is 42.2 Å². The largest absolute Gasteiger partial charge is 0.481 e. The molecule has 3 aromatic rings. The van der Waals surface area contributed by atoms with Crippen molar-refractivity contribution in [3.63, 3.8) is 0 Å². The average Bonchev–Trinajstić information content (AvgIpc) is 3.82. The zero-order valence-electron chi connectivity index (χ0n) is 25.1. The van der Waals surface area contributed by atoms with E-state index in [0.717, 1.165) is 6.42 Å². The minimum absolute atomic E-state index is 0.0901.